The molecule has 2 aliphatic rings. The second kappa shape index (κ2) is 10.4. The Balaban J connectivity index is 0.000000240. The number of rotatable bonds is 4. The van der Waals surface area contributed by atoms with Gasteiger partial charge >= 0.3 is 0 Å². The SMILES string of the molecule is C=CC[C@@H]1O[C@H](C)[C@H](C)C[C@@H]1C.C=CC[C@@H]1O[C@H](C)[C@H](N)C[C@@H]1C. The predicted octanol–water partition coefficient (Wildman–Crippen LogP) is 4.72. The molecule has 2 aliphatic heterocycles. The van der Waals surface area contributed by atoms with E-state index in [0.29, 0.717) is 36.1 Å². The van der Waals surface area contributed by atoms with Crippen molar-refractivity contribution in [2.24, 2.45) is 23.5 Å². The Labute approximate surface area is 149 Å². The van der Waals surface area contributed by atoms with Gasteiger partial charge in [-0.25, -0.2) is 0 Å². The van der Waals surface area contributed by atoms with Crippen molar-refractivity contribution in [1.82, 2.24) is 0 Å². The van der Waals surface area contributed by atoms with Crippen molar-refractivity contribution in [3.63, 3.8) is 0 Å². The molecule has 2 rings (SSSR count). The minimum absolute atomic E-state index is 0.200. The van der Waals surface area contributed by atoms with Crippen LogP contribution in [0.1, 0.15) is 60.3 Å². The third-order valence-electron chi connectivity index (χ3n) is 5.64. The van der Waals surface area contributed by atoms with E-state index in [1.807, 2.05) is 19.1 Å². The van der Waals surface area contributed by atoms with Crippen LogP contribution in [0.15, 0.2) is 25.3 Å². The molecule has 3 heteroatoms. The first-order valence-corrected chi connectivity index (χ1v) is 9.58. The van der Waals surface area contributed by atoms with Crippen molar-refractivity contribution in [2.45, 2.75) is 90.8 Å². The summed E-state index contributed by atoms with van der Waals surface area (Å²) < 4.78 is 11.6. The Hall–Kier alpha value is -0.640. The lowest BCUT2D eigenvalue weighted by molar-refractivity contribution is -0.0957. The number of ether oxygens (including phenoxy) is 2. The van der Waals surface area contributed by atoms with Crippen molar-refractivity contribution in [2.75, 3.05) is 0 Å². The molecule has 0 saturated carbocycles. The van der Waals surface area contributed by atoms with Gasteiger partial charge in [0.1, 0.15) is 0 Å². The molecule has 3 nitrogen and oxygen atoms in total. The quantitative estimate of drug-likeness (QED) is 0.755. The van der Waals surface area contributed by atoms with Gasteiger partial charge in [0.25, 0.3) is 0 Å². The standard InChI is InChI=1S/C11H20O.C10H19NO/c1-5-6-11-9(3)7-8(2)10(4)12-11;1-4-5-10-7(2)6-9(11)8(3)12-10/h5,8-11H,1,6-7H2,2-4H3;4,7-10H,1,5-6,11H2,2-3H3/t8-,9+,10-,11+;7-,8+,9+,10-/m10/s1. The number of hydrogen-bond donors (Lipinski definition) is 1. The van der Waals surface area contributed by atoms with Crippen molar-refractivity contribution in [3.8, 4) is 0 Å². The summed E-state index contributed by atoms with van der Waals surface area (Å²) in [6.45, 7) is 18.4. The van der Waals surface area contributed by atoms with Crippen molar-refractivity contribution in [3.05, 3.63) is 25.3 Å². The summed E-state index contributed by atoms with van der Waals surface area (Å²) in [6.07, 6.45) is 9.55. The topological polar surface area (TPSA) is 44.5 Å². The van der Waals surface area contributed by atoms with Gasteiger partial charge in [0.2, 0.25) is 0 Å². The Morgan fingerprint density at radius 2 is 1.25 bits per heavy atom. The van der Waals surface area contributed by atoms with E-state index in [-0.39, 0.29) is 12.1 Å². The Morgan fingerprint density at radius 1 is 0.792 bits per heavy atom. The van der Waals surface area contributed by atoms with Gasteiger partial charge in [-0.15, -0.1) is 13.2 Å². The molecule has 2 saturated heterocycles. The molecule has 0 aromatic carbocycles. The molecule has 0 spiro atoms. The molecule has 24 heavy (non-hydrogen) atoms. The van der Waals surface area contributed by atoms with Crippen LogP contribution in [0.25, 0.3) is 0 Å². The molecule has 2 fully saturated rings. The molecule has 8 atom stereocenters. The molecule has 0 aliphatic carbocycles. The van der Waals surface area contributed by atoms with Crippen LogP contribution in [0.4, 0.5) is 0 Å². The average molecular weight is 338 g/mol. The van der Waals surface area contributed by atoms with Gasteiger partial charge in [-0.3, -0.25) is 0 Å². The van der Waals surface area contributed by atoms with Crippen LogP contribution >= 0.6 is 0 Å². The monoisotopic (exact) mass is 337 g/mol. The second-order valence-corrected chi connectivity index (χ2v) is 7.88. The van der Waals surface area contributed by atoms with Gasteiger partial charge in [0.15, 0.2) is 0 Å². The predicted molar refractivity (Wildman–Crippen MR) is 103 cm³/mol. The molecular weight excluding hydrogens is 298 g/mol. The molecule has 0 amide bonds. The fraction of sp³-hybridized carbons (Fsp3) is 0.810. The summed E-state index contributed by atoms with van der Waals surface area (Å²) in [5, 5.41) is 0. The maximum absolute atomic E-state index is 5.88. The van der Waals surface area contributed by atoms with Crippen molar-refractivity contribution >= 4 is 0 Å². The maximum atomic E-state index is 5.88. The highest BCUT2D eigenvalue weighted by Crippen LogP contribution is 2.30. The van der Waals surface area contributed by atoms with E-state index in [9.17, 15) is 0 Å². The molecule has 0 unspecified atom stereocenters. The van der Waals surface area contributed by atoms with Gasteiger partial charge in [-0.1, -0.05) is 32.9 Å². The summed E-state index contributed by atoms with van der Waals surface area (Å²) in [5.41, 5.74) is 5.88. The fourth-order valence-electron chi connectivity index (χ4n) is 3.66. The third-order valence-corrected chi connectivity index (χ3v) is 5.64. The normalized spacial score (nSPS) is 42.6. The number of hydrogen-bond acceptors (Lipinski definition) is 3. The molecule has 0 bridgehead atoms. The fourth-order valence-corrected chi connectivity index (χ4v) is 3.66. The lowest BCUT2D eigenvalue weighted by Gasteiger charge is -2.37. The van der Waals surface area contributed by atoms with E-state index < -0.39 is 0 Å². The first-order valence-electron chi connectivity index (χ1n) is 9.58. The highest BCUT2D eigenvalue weighted by atomic mass is 16.5. The molecule has 0 radical (unpaired) electrons. The van der Waals surface area contributed by atoms with Crippen LogP contribution in [0, 0.1) is 17.8 Å². The van der Waals surface area contributed by atoms with Gasteiger partial charge in [-0.05, 0) is 57.3 Å². The van der Waals surface area contributed by atoms with Crippen LogP contribution in [-0.2, 0) is 9.47 Å². The molecule has 0 aromatic rings. The van der Waals surface area contributed by atoms with Crippen LogP contribution in [0.3, 0.4) is 0 Å². The average Bonchev–Trinajstić information content (AvgIpc) is 2.51. The zero-order valence-electron chi connectivity index (χ0n) is 16.4. The highest BCUT2D eigenvalue weighted by molar-refractivity contribution is 4.87. The Kier molecular flexibility index (Phi) is 9.25. The van der Waals surface area contributed by atoms with Crippen LogP contribution in [-0.4, -0.2) is 30.5 Å². The van der Waals surface area contributed by atoms with Gasteiger partial charge in [0.05, 0.1) is 24.4 Å². The summed E-state index contributed by atoms with van der Waals surface area (Å²) >= 11 is 0. The van der Waals surface area contributed by atoms with Gasteiger partial charge in [-0.2, -0.15) is 0 Å². The summed E-state index contributed by atoms with van der Waals surface area (Å²) in [4.78, 5) is 0. The van der Waals surface area contributed by atoms with Gasteiger partial charge < -0.3 is 15.2 Å². The molecular formula is C21H39NO2. The summed E-state index contributed by atoms with van der Waals surface area (Å²) in [6, 6.07) is 0.209. The number of nitrogens with two attached hydrogens (primary N) is 1. The van der Waals surface area contributed by atoms with Crippen LogP contribution in [0.2, 0.25) is 0 Å². The third kappa shape index (κ3) is 6.34. The lowest BCUT2D eigenvalue weighted by atomic mass is 9.85. The maximum Gasteiger partial charge on any atom is 0.0702 e. The van der Waals surface area contributed by atoms with E-state index in [4.69, 9.17) is 15.2 Å². The molecule has 0 aromatic heterocycles. The van der Waals surface area contributed by atoms with Crippen LogP contribution < -0.4 is 5.73 Å². The highest BCUT2D eigenvalue weighted by Gasteiger charge is 2.30. The van der Waals surface area contributed by atoms with Crippen LogP contribution in [0.5, 0.6) is 0 Å². The van der Waals surface area contributed by atoms with Crippen molar-refractivity contribution in [1.29, 1.82) is 0 Å². The van der Waals surface area contributed by atoms with E-state index in [1.165, 1.54) is 6.42 Å². The zero-order chi connectivity index (χ0) is 18.3. The van der Waals surface area contributed by atoms with E-state index in [1.54, 1.807) is 0 Å². The summed E-state index contributed by atoms with van der Waals surface area (Å²) in [5.74, 6) is 1.96. The smallest absolute Gasteiger partial charge is 0.0702 e. The molecule has 140 valence electrons. The summed E-state index contributed by atoms with van der Waals surface area (Å²) in [7, 11) is 0. The lowest BCUT2D eigenvalue weighted by Crippen LogP contribution is -2.46. The van der Waals surface area contributed by atoms with Crippen molar-refractivity contribution < 1.29 is 9.47 Å². The van der Waals surface area contributed by atoms with E-state index >= 15 is 0 Å². The van der Waals surface area contributed by atoms with E-state index in [0.717, 1.165) is 19.3 Å². The van der Waals surface area contributed by atoms with E-state index in [2.05, 4.69) is 40.9 Å². The Morgan fingerprint density at radius 3 is 1.75 bits per heavy atom. The first-order chi connectivity index (χ1) is 11.3. The van der Waals surface area contributed by atoms with Gasteiger partial charge in [0, 0.05) is 6.04 Å². The molecule has 2 heterocycles. The minimum Gasteiger partial charge on any atom is -0.374 e. The first kappa shape index (κ1) is 21.4. The Bertz CT molecular complexity index is 348. The minimum atomic E-state index is 0.200. The zero-order valence-corrected chi connectivity index (χ0v) is 16.4. The second-order valence-electron chi connectivity index (χ2n) is 7.88. The molecule has 2 N–H and O–H groups in total. The largest absolute Gasteiger partial charge is 0.374 e.